The Hall–Kier alpha value is -0.120. The topological polar surface area (TPSA) is 38.5 Å². The zero-order chi connectivity index (χ0) is 11.3. The van der Waals surface area contributed by atoms with Crippen LogP contribution in [0.1, 0.15) is 39.5 Å². The number of likely N-dealkylation sites (N-methyl/N-ethyl adjacent to an activating group) is 1. The van der Waals surface area contributed by atoms with Crippen molar-refractivity contribution in [2.45, 2.75) is 57.7 Å². The molecule has 0 aromatic rings. The van der Waals surface area contributed by atoms with Crippen molar-refractivity contribution in [1.29, 1.82) is 0 Å². The van der Waals surface area contributed by atoms with Crippen molar-refractivity contribution in [3.63, 3.8) is 0 Å². The Balaban J connectivity index is 2.20. The average molecular weight is 214 g/mol. The van der Waals surface area contributed by atoms with Crippen LogP contribution in [0.4, 0.5) is 0 Å². The molecule has 3 atom stereocenters. The average Bonchev–Trinajstić information content (AvgIpc) is 2.61. The SMILES string of the molecule is CCCC(N)CCN(C)C1CCOC1C. The Morgan fingerprint density at radius 3 is 2.73 bits per heavy atom. The molecule has 1 aliphatic heterocycles. The lowest BCUT2D eigenvalue weighted by Crippen LogP contribution is -2.39. The van der Waals surface area contributed by atoms with Gasteiger partial charge in [-0.15, -0.1) is 0 Å². The van der Waals surface area contributed by atoms with Gasteiger partial charge < -0.3 is 15.4 Å². The summed E-state index contributed by atoms with van der Waals surface area (Å²) >= 11 is 0. The van der Waals surface area contributed by atoms with Gasteiger partial charge in [0.25, 0.3) is 0 Å². The van der Waals surface area contributed by atoms with E-state index in [1.54, 1.807) is 0 Å². The molecule has 0 aliphatic carbocycles. The van der Waals surface area contributed by atoms with Gasteiger partial charge in [-0.05, 0) is 39.8 Å². The first kappa shape index (κ1) is 12.9. The van der Waals surface area contributed by atoms with Crippen LogP contribution in [0.5, 0.6) is 0 Å². The molecule has 3 unspecified atom stereocenters. The molecule has 0 spiro atoms. The van der Waals surface area contributed by atoms with Crippen LogP contribution in [0, 0.1) is 0 Å². The Bertz CT molecular complexity index is 175. The molecule has 0 amide bonds. The molecule has 1 saturated heterocycles. The first-order valence-electron chi connectivity index (χ1n) is 6.22. The van der Waals surface area contributed by atoms with Gasteiger partial charge in [0, 0.05) is 18.7 Å². The number of nitrogens with two attached hydrogens (primary N) is 1. The second kappa shape index (κ2) is 6.46. The van der Waals surface area contributed by atoms with Crippen molar-refractivity contribution in [2.75, 3.05) is 20.2 Å². The lowest BCUT2D eigenvalue weighted by atomic mass is 10.1. The fourth-order valence-corrected chi connectivity index (χ4v) is 2.35. The third-order valence-electron chi connectivity index (χ3n) is 3.41. The normalized spacial score (nSPS) is 28.6. The molecular formula is C12H26N2O. The summed E-state index contributed by atoms with van der Waals surface area (Å²) in [5.41, 5.74) is 6.01. The van der Waals surface area contributed by atoms with E-state index in [9.17, 15) is 0 Å². The summed E-state index contributed by atoms with van der Waals surface area (Å²) in [4.78, 5) is 2.41. The molecule has 1 heterocycles. The summed E-state index contributed by atoms with van der Waals surface area (Å²) in [6.45, 7) is 6.37. The number of rotatable bonds is 6. The highest BCUT2D eigenvalue weighted by atomic mass is 16.5. The van der Waals surface area contributed by atoms with E-state index < -0.39 is 0 Å². The van der Waals surface area contributed by atoms with E-state index >= 15 is 0 Å². The Morgan fingerprint density at radius 2 is 2.20 bits per heavy atom. The third-order valence-corrected chi connectivity index (χ3v) is 3.41. The van der Waals surface area contributed by atoms with Crippen molar-refractivity contribution >= 4 is 0 Å². The minimum atomic E-state index is 0.370. The molecule has 0 aromatic carbocycles. The van der Waals surface area contributed by atoms with Gasteiger partial charge in [-0.1, -0.05) is 13.3 Å². The summed E-state index contributed by atoms with van der Waals surface area (Å²) in [6.07, 6.45) is 4.99. The van der Waals surface area contributed by atoms with E-state index in [0.717, 1.165) is 26.0 Å². The second-order valence-corrected chi connectivity index (χ2v) is 4.75. The first-order chi connectivity index (χ1) is 7.15. The highest BCUT2D eigenvalue weighted by Gasteiger charge is 2.27. The van der Waals surface area contributed by atoms with Gasteiger partial charge in [-0.3, -0.25) is 0 Å². The highest BCUT2D eigenvalue weighted by molar-refractivity contribution is 4.80. The molecule has 90 valence electrons. The Morgan fingerprint density at radius 1 is 1.47 bits per heavy atom. The number of hydrogen-bond donors (Lipinski definition) is 1. The summed E-state index contributed by atoms with van der Waals surface area (Å²) in [5.74, 6) is 0. The predicted molar refractivity (Wildman–Crippen MR) is 63.9 cm³/mol. The lowest BCUT2D eigenvalue weighted by Gasteiger charge is -2.27. The number of hydrogen-bond acceptors (Lipinski definition) is 3. The van der Waals surface area contributed by atoms with Gasteiger partial charge in [0.15, 0.2) is 0 Å². The molecule has 3 nitrogen and oxygen atoms in total. The maximum atomic E-state index is 6.01. The quantitative estimate of drug-likeness (QED) is 0.730. The van der Waals surface area contributed by atoms with Crippen LogP contribution >= 0.6 is 0 Å². The molecule has 0 aromatic heterocycles. The lowest BCUT2D eigenvalue weighted by molar-refractivity contribution is 0.0826. The van der Waals surface area contributed by atoms with Crippen LogP contribution in [0.15, 0.2) is 0 Å². The molecule has 0 bridgehead atoms. The van der Waals surface area contributed by atoms with E-state index in [4.69, 9.17) is 10.5 Å². The largest absolute Gasteiger partial charge is 0.377 e. The van der Waals surface area contributed by atoms with Crippen LogP contribution in [0.3, 0.4) is 0 Å². The van der Waals surface area contributed by atoms with Crippen LogP contribution in [0.2, 0.25) is 0 Å². The summed E-state index contributed by atoms with van der Waals surface area (Å²) in [6, 6.07) is 0.967. The van der Waals surface area contributed by atoms with Gasteiger partial charge in [-0.2, -0.15) is 0 Å². The van der Waals surface area contributed by atoms with Crippen molar-refractivity contribution in [3.05, 3.63) is 0 Å². The van der Waals surface area contributed by atoms with E-state index in [-0.39, 0.29) is 0 Å². The summed E-state index contributed by atoms with van der Waals surface area (Å²) in [5, 5.41) is 0. The predicted octanol–water partition coefficient (Wildman–Crippen LogP) is 1.61. The van der Waals surface area contributed by atoms with E-state index in [2.05, 4.69) is 25.8 Å². The van der Waals surface area contributed by atoms with Crippen molar-refractivity contribution in [2.24, 2.45) is 5.73 Å². The maximum absolute atomic E-state index is 6.01. The zero-order valence-electron chi connectivity index (χ0n) is 10.4. The maximum Gasteiger partial charge on any atom is 0.0702 e. The van der Waals surface area contributed by atoms with Crippen molar-refractivity contribution in [3.8, 4) is 0 Å². The molecule has 2 N–H and O–H groups in total. The molecule has 0 saturated carbocycles. The third kappa shape index (κ3) is 4.09. The van der Waals surface area contributed by atoms with Gasteiger partial charge >= 0.3 is 0 Å². The fraction of sp³-hybridized carbons (Fsp3) is 1.00. The van der Waals surface area contributed by atoms with Crippen LogP contribution in [0.25, 0.3) is 0 Å². The Labute approximate surface area is 94.0 Å². The van der Waals surface area contributed by atoms with Crippen LogP contribution in [-0.4, -0.2) is 43.3 Å². The van der Waals surface area contributed by atoms with E-state index in [0.29, 0.717) is 18.2 Å². The summed E-state index contributed by atoms with van der Waals surface area (Å²) in [7, 11) is 2.19. The number of nitrogens with zero attached hydrogens (tertiary/aromatic N) is 1. The molecule has 15 heavy (non-hydrogen) atoms. The minimum Gasteiger partial charge on any atom is -0.377 e. The first-order valence-corrected chi connectivity index (χ1v) is 6.22. The smallest absolute Gasteiger partial charge is 0.0702 e. The van der Waals surface area contributed by atoms with Crippen LogP contribution < -0.4 is 5.73 Å². The van der Waals surface area contributed by atoms with Crippen molar-refractivity contribution in [1.82, 2.24) is 4.90 Å². The van der Waals surface area contributed by atoms with Gasteiger partial charge in [0.2, 0.25) is 0 Å². The zero-order valence-corrected chi connectivity index (χ0v) is 10.4. The van der Waals surface area contributed by atoms with Crippen LogP contribution in [-0.2, 0) is 4.74 Å². The molecule has 1 fully saturated rings. The molecule has 3 heteroatoms. The van der Waals surface area contributed by atoms with E-state index in [1.165, 1.54) is 12.8 Å². The molecular weight excluding hydrogens is 188 g/mol. The molecule has 1 aliphatic rings. The molecule has 1 rings (SSSR count). The Kier molecular flexibility index (Phi) is 5.58. The van der Waals surface area contributed by atoms with Gasteiger partial charge in [-0.25, -0.2) is 0 Å². The van der Waals surface area contributed by atoms with Gasteiger partial charge in [0.05, 0.1) is 6.10 Å². The highest BCUT2D eigenvalue weighted by Crippen LogP contribution is 2.18. The second-order valence-electron chi connectivity index (χ2n) is 4.75. The number of ether oxygens (including phenoxy) is 1. The van der Waals surface area contributed by atoms with Crippen molar-refractivity contribution < 1.29 is 4.74 Å². The van der Waals surface area contributed by atoms with Gasteiger partial charge in [0.1, 0.15) is 0 Å². The minimum absolute atomic E-state index is 0.370. The monoisotopic (exact) mass is 214 g/mol. The fourth-order valence-electron chi connectivity index (χ4n) is 2.35. The summed E-state index contributed by atoms with van der Waals surface area (Å²) < 4.78 is 5.57. The van der Waals surface area contributed by atoms with E-state index in [1.807, 2.05) is 0 Å². The molecule has 0 radical (unpaired) electrons. The standard InChI is InChI=1S/C12H26N2O/c1-4-5-11(13)6-8-14(3)12-7-9-15-10(12)2/h10-12H,4-9,13H2,1-3H3.